The van der Waals surface area contributed by atoms with Crippen LogP contribution >= 0.6 is 0 Å². The van der Waals surface area contributed by atoms with E-state index in [0.29, 0.717) is 11.3 Å². The first-order valence-corrected chi connectivity index (χ1v) is 6.27. The van der Waals surface area contributed by atoms with Gasteiger partial charge >= 0.3 is 0 Å². The van der Waals surface area contributed by atoms with E-state index in [-0.39, 0.29) is 0 Å². The highest BCUT2D eigenvalue weighted by molar-refractivity contribution is 5.81. The lowest BCUT2D eigenvalue weighted by atomic mass is 10.1. The van der Waals surface area contributed by atoms with Gasteiger partial charge in [0.25, 0.3) is 0 Å². The van der Waals surface area contributed by atoms with Crippen LogP contribution in [0.3, 0.4) is 0 Å². The highest BCUT2D eigenvalue weighted by Crippen LogP contribution is 2.16. The minimum atomic E-state index is 0.421. The van der Waals surface area contributed by atoms with Crippen molar-refractivity contribution in [1.29, 1.82) is 0 Å². The molecule has 0 saturated carbocycles. The lowest BCUT2D eigenvalue weighted by Crippen LogP contribution is -2.00. The zero-order valence-electron chi connectivity index (χ0n) is 10.7. The summed E-state index contributed by atoms with van der Waals surface area (Å²) in [6, 6.07) is 8.57. The van der Waals surface area contributed by atoms with E-state index in [2.05, 4.69) is 46.1 Å². The van der Waals surface area contributed by atoms with E-state index in [4.69, 9.17) is 5.73 Å². The van der Waals surface area contributed by atoms with Gasteiger partial charge in [-0.1, -0.05) is 31.2 Å². The lowest BCUT2D eigenvalue weighted by molar-refractivity contribution is 0.812. The number of rotatable bonds is 3. The summed E-state index contributed by atoms with van der Waals surface area (Å²) in [5.74, 6) is 0.421. The van der Waals surface area contributed by atoms with Gasteiger partial charge in [-0.15, -0.1) is 0 Å². The minimum Gasteiger partial charge on any atom is -0.382 e. The zero-order valence-corrected chi connectivity index (χ0v) is 10.7. The molecule has 0 spiro atoms. The van der Waals surface area contributed by atoms with E-state index in [1.54, 1.807) is 6.33 Å². The van der Waals surface area contributed by atoms with Crippen molar-refractivity contribution < 1.29 is 0 Å². The second-order valence-corrected chi connectivity index (χ2v) is 4.47. The quantitative estimate of drug-likeness (QED) is 0.775. The molecule has 3 aromatic rings. The van der Waals surface area contributed by atoms with Crippen molar-refractivity contribution >= 4 is 17.0 Å². The normalized spacial score (nSPS) is 11.0. The molecule has 0 bridgehead atoms. The van der Waals surface area contributed by atoms with E-state index in [0.717, 1.165) is 18.6 Å². The van der Waals surface area contributed by atoms with E-state index in [1.807, 2.05) is 4.57 Å². The zero-order chi connectivity index (χ0) is 13.2. The topological polar surface area (TPSA) is 69.6 Å². The third kappa shape index (κ3) is 2.14. The molecule has 0 saturated heterocycles. The molecule has 2 N–H and O–H groups in total. The van der Waals surface area contributed by atoms with Gasteiger partial charge in [0.1, 0.15) is 11.8 Å². The average molecular weight is 253 g/mol. The van der Waals surface area contributed by atoms with Crippen LogP contribution in [-0.4, -0.2) is 19.5 Å². The van der Waals surface area contributed by atoms with Crippen LogP contribution in [0.4, 0.5) is 5.82 Å². The number of anilines is 1. The van der Waals surface area contributed by atoms with E-state index < -0.39 is 0 Å². The fourth-order valence-electron chi connectivity index (χ4n) is 2.09. The number of imidazole rings is 1. The van der Waals surface area contributed by atoms with Crippen molar-refractivity contribution in [3.8, 4) is 0 Å². The van der Waals surface area contributed by atoms with Crippen molar-refractivity contribution in [3.63, 3.8) is 0 Å². The van der Waals surface area contributed by atoms with Crippen LogP contribution in [0, 0.1) is 0 Å². The third-order valence-corrected chi connectivity index (χ3v) is 3.21. The SMILES string of the molecule is CCc1ccc(Cn2cnc3c(N)ncnc32)cc1. The fourth-order valence-corrected chi connectivity index (χ4v) is 2.09. The molecule has 3 rings (SSSR count). The molecule has 1 aromatic carbocycles. The van der Waals surface area contributed by atoms with Gasteiger partial charge in [-0.3, -0.25) is 0 Å². The summed E-state index contributed by atoms with van der Waals surface area (Å²) in [4.78, 5) is 12.4. The molecule has 0 unspecified atom stereocenters. The summed E-state index contributed by atoms with van der Waals surface area (Å²) < 4.78 is 1.98. The Kier molecular flexibility index (Phi) is 2.87. The van der Waals surface area contributed by atoms with Crippen LogP contribution in [0.5, 0.6) is 0 Å². The molecule has 19 heavy (non-hydrogen) atoms. The van der Waals surface area contributed by atoms with Gasteiger partial charge in [-0.25, -0.2) is 15.0 Å². The maximum atomic E-state index is 5.77. The van der Waals surface area contributed by atoms with Gasteiger partial charge in [0, 0.05) is 0 Å². The summed E-state index contributed by atoms with van der Waals surface area (Å²) in [5, 5.41) is 0. The van der Waals surface area contributed by atoms with E-state index >= 15 is 0 Å². The molecule has 0 fully saturated rings. The molecular weight excluding hydrogens is 238 g/mol. The molecule has 0 atom stereocenters. The predicted molar refractivity (Wildman–Crippen MR) is 74.7 cm³/mol. The van der Waals surface area contributed by atoms with Crippen LogP contribution in [-0.2, 0) is 13.0 Å². The number of hydrogen-bond donors (Lipinski definition) is 1. The first-order valence-electron chi connectivity index (χ1n) is 6.27. The van der Waals surface area contributed by atoms with E-state index in [9.17, 15) is 0 Å². The number of aryl methyl sites for hydroxylation is 1. The lowest BCUT2D eigenvalue weighted by Gasteiger charge is -2.05. The van der Waals surface area contributed by atoms with Gasteiger partial charge in [0.2, 0.25) is 0 Å². The standard InChI is InChI=1S/C14H15N5/c1-2-10-3-5-11(6-4-10)7-19-9-18-12-13(15)16-8-17-14(12)19/h3-6,8-9H,2,7H2,1H3,(H2,15,16,17). The molecule has 96 valence electrons. The van der Waals surface area contributed by atoms with Crippen LogP contribution in [0.1, 0.15) is 18.1 Å². The highest BCUT2D eigenvalue weighted by Gasteiger charge is 2.07. The Balaban J connectivity index is 1.94. The maximum Gasteiger partial charge on any atom is 0.165 e. The number of hydrogen-bond acceptors (Lipinski definition) is 4. The van der Waals surface area contributed by atoms with Crippen LogP contribution in [0.2, 0.25) is 0 Å². The fraction of sp³-hybridized carbons (Fsp3) is 0.214. The largest absolute Gasteiger partial charge is 0.382 e. The second-order valence-electron chi connectivity index (χ2n) is 4.47. The average Bonchev–Trinajstić information content (AvgIpc) is 2.84. The Morgan fingerprint density at radius 1 is 1.05 bits per heavy atom. The predicted octanol–water partition coefficient (Wildman–Crippen LogP) is 2.02. The van der Waals surface area contributed by atoms with Gasteiger partial charge in [-0.2, -0.15) is 0 Å². The number of aromatic nitrogens is 4. The summed E-state index contributed by atoms with van der Waals surface area (Å²) in [5.41, 5.74) is 9.76. The highest BCUT2D eigenvalue weighted by atomic mass is 15.1. The summed E-state index contributed by atoms with van der Waals surface area (Å²) in [6.45, 7) is 2.88. The Bertz CT molecular complexity index is 699. The first kappa shape index (κ1) is 11.6. The van der Waals surface area contributed by atoms with E-state index in [1.165, 1.54) is 17.5 Å². The van der Waals surface area contributed by atoms with Crippen molar-refractivity contribution in [2.45, 2.75) is 19.9 Å². The van der Waals surface area contributed by atoms with Gasteiger partial charge in [0.15, 0.2) is 11.5 Å². The molecule has 5 nitrogen and oxygen atoms in total. The molecule has 0 amide bonds. The monoisotopic (exact) mass is 253 g/mol. The van der Waals surface area contributed by atoms with Gasteiger partial charge in [0.05, 0.1) is 12.9 Å². The molecule has 2 aromatic heterocycles. The molecule has 0 radical (unpaired) electrons. The Morgan fingerprint density at radius 3 is 2.53 bits per heavy atom. The smallest absolute Gasteiger partial charge is 0.165 e. The van der Waals surface area contributed by atoms with Crippen LogP contribution in [0.15, 0.2) is 36.9 Å². The number of fused-ring (bicyclic) bond motifs is 1. The molecule has 0 aliphatic rings. The molecule has 5 heteroatoms. The Labute approximate surface area is 111 Å². The van der Waals surface area contributed by atoms with Crippen molar-refractivity contribution in [3.05, 3.63) is 48.0 Å². The molecule has 0 aliphatic heterocycles. The summed E-state index contributed by atoms with van der Waals surface area (Å²) in [6.07, 6.45) is 4.28. The summed E-state index contributed by atoms with van der Waals surface area (Å²) in [7, 11) is 0. The van der Waals surface area contributed by atoms with Crippen molar-refractivity contribution in [2.75, 3.05) is 5.73 Å². The summed E-state index contributed by atoms with van der Waals surface area (Å²) >= 11 is 0. The van der Waals surface area contributed by atoms with Crippen molar-refractivity contribution in [1.82, 2.24) is 19.5 Å². The second kappa shape index (κ2) is 4.68. The first-order chi connectivity index (χ1) is 9.28. The number of nitrogen functional groups attached to an aromatic ring is 1. The number of nitrogens with zero attached hydrogens (tertiary/aromatic N) is 4. The number of nitrogens with two attached hydrogens (primary N) is 1. The van der Waals surface area contributed by atoms with Crippen molar-refractivity contribution in [2.24, 2.45) is 0 Å². The molecular formula is C14H15N5. The van der Waals surface area contributed by atoms with Gasteiger partial charge < -0.3 is 10.3 Å². The van der Waals surface area contributed by atoms with Gasteiger partial charge in [-0.05, 0) is 17.5 Å². The van der Waals surface area contributed by atoms with Crippen LogP contribution < -0.4 is 5.73 Å². The molecule has 2 heterocycles. The Morgan fingerprint density at radius 2 is 1.79 bits per heavy atom. The molecule has 0 aliphatic carbocycles. The van der Waals surface area contributed by atoms with Crippen LogP contribution in [0.25, 0.3) is 11.2 Å². The minimum absolute atomic E-state index is 0.421. The third-order valence-electron chi connectivity index (χ3n) is 3.21. The number of benzene rings is 1. The maximum absolute atomic E-state index is 5.77. The Hall–Kier alpha value is -2.43.